The SMILES string of the molecule is C[C@H](Cc1cc(C#N)c2c(c1)CCN2CCCOC(=O)c1ccccc1)N=[N+]=[N-]. The first-order valence-corrected chi connectivity index (χ1v) is 9.69. The van der Waals surface area contributed by atoms with Crippen LogP contribution in [0.5, 0.6) is 0 Å². The molecule has 0 bridgehead atoms. The van der Waals surface area contributed by atoms with E-state index in [-0.39, 0.29) is 12.0 Å². The van der Waals surface area contributed by atoms with Crippen molar-refractivity contribution in [2.24, 2.45) is 5.11 Å². The number of azide groups is 1. The van der Waals surface area contributed by atoms with Crippen LogP contribution >= 0.6 is 0 Å². The van der Waals surface area contributed by atoms with E-state index < -0.39 is 0 Å². The molecule has 0 unspecified atom stereocenters. The normalized spacial score (nSPS) is 13.2. The zero-order valence-electron chi connectivity index (χ0n) is 16.4. The van der Waals surface area contributed by atoms with Gasteiger partial charge in [-0.3, -0.25) is 0 Å². The summed E-state index contributed by atoms with van der Waals surface area (Å²) >= 11 is 0. The molecular weight excluding hydrogens is 366 g/mol. The van der Waals surface area contributed by atoms with Crippen molar-refractivity contribution < 1.29 is 9.53 Å². The van der Waals surface area contributed by atoms with Crippen LogP contribution < -0.4 is 4.90 Å². The van der Waals surface area contributed by atoms with Crippen molar-refractivity contribution in [3.05, 3.63) is 75.2 Å². The van der Waals surface area contributed by atoms with E-state index in [1.165, 1.54) is 0 Å². The minimum Gasteiger partial charge on any atom is -0.462 e. The highest BCUT2D eigenvalue weighted by Gasteiger charge is 2.23. The van der Waals surface area contributed by atoms with Gasteiger partial charge in [0, 0.05) is 24.0 Å². The summed E-state index contributed by atoms with van der Waals surface area (Å²) in [5.74, 6) is -0.316. The third kappa shape index (κ3) is 5.07. The molecule has 1 heterocycles. The van der Waals surface area contributed by atoms with E-state index in [1.54, 1.807) is 12.1 Å². The van der Waals surface area contributed by atoms with Crippen molar-refractivity contribution in [1.82, 2.24) is 0 Å². The zero-order valence-corrected chi connectivity index (χ0v) is 16.4. The van der Waals surface area contributed by atoms with E-state index >= 15 is 0 Å². The summed E-state index contributed by atoms with van der Waals surface area (Å²) in [6.07, 6.45) is 2.18. The molecule has 148 valence electrons. The van der Waals surface area contributed by atoms with Crippen LogP contribution in [0.15, 0.2) is 47.6 Å². The molecule has 0 N–H and O–H groups in total. The highest BCUT2D eigenvalue weighted by molar-refractivity contribution is 5.89. The predicted octanol–water partition coefficient (Wildman–Crippen LogP) is 4.41. The molecule has 1 atom stereocenters. The van der Waals surface area contributed by atoms with Gasteiger partial charge < -0.3 is 9.64 Å². The number of ether oxygens (including phenoxy) is 1. The standard InChI is InChI=1S/C22H23N5O2/c1-16(25-26-24)12-17-13-19-8-10-27(21(19)20(14-17)15-23)9-5-11-29-22(28)18-6-3-2-4-7-18/h2-4,6-7,13-14,16H,5,8-12H2,1H3/t16-/m1/s1. The van der Waals surface area contributed by atoms with E-state index in [1.807, 2.05) is 31.2 Å². The Morgan fingerprint density at radius 3 is 2.90 bits per heavy atom. The van der Waals surface area contributed by atoms with Crippen molar-refractivity contribution in [2.75, 3.05) is 24.6 Å². The molecule has 0 spiro atoms. The van der Waals surface area contributed by atoms with E-state index in [9.17, 15) is 10.1 Å². The molecule has 7 nitrogen and oxygen atoms in total. The number of carbonyl (C=O) groups is 1. The van der Waals surface area contributed by atoms with Gasteiger partial charge >= 0.3 is 5.97 Å². The third-order valence-corrected chi connectivity index (χ3v) is 4.93. The van der Waals surface area contributed by atoms with Gasteiger partial charge in [0.1, 0.15) is 6.07 Å². The lowest BCUT2D eigenvalue weighted by Crippen LogP contribution is -2.24. The van der Waals surface area contributed by atoms with E-state index in [0.717, 1.165) is 36.3 Å². The number of fused-ring (bicyclic) bond motifs is 1. The van der Waals surface area contributed by atoms with Gasteiger partial charge in [-0.2, -0.15) is 5.26 Å². The lowest BCUT2D eigenvalue weighted by Gasteiger charge is -2.21. The van der Waals surface area contributed by atoms with Crippen LogP contribution in [0.2, 0.25) is 0 Å². The highest BCUT2D eigenvalue weighted by Crippen LogP contribution is 2.33. The minimum atomic E-state index is -0.316. The molecule has 1 aliphatic rings. The Kier molecular flexibility index (Phi) is 6.72. The van der Waals surface area contributed by atoms with Gasteiger partial charge in [0.25, 0.3) is 0 Å². The zero-order chi connectivity index (χ0) is 20.6. The Morgan fingerprint density at radius 2 is 2.17 bits per heavy atom. The first kappa shape index (κ1) is 20.2. The number of hydrogen-bond acceptors (Lipinski definition) is 5. The van der Waals surface area contributed by atoms with Gasteiger partial charge in [0.05, 0.1) is 23.4 Å². The summed E-state index contributed by atoms with van der Waals surface area (Å²) in [6.45, 7) is 3.76. The molecule has 1 aliphatic heterocycles. The molecule has 0 fully saturated rings. The van der Waals surface area contributed by atoms with Gasteiger partial charge in [0.15, 0.2) is 0 Å². The summed E-state index contributed by atoms with van der Waals surface area (Å²) in [7, 11) is 0. The monoisotopic (exact) mass is 389 g/mol. The number of esters is 1. The fourth-order valence-corrected chi connectivity index (χ4v) is 3.67. The van der Waals surface area contributed by atoms with Gasteiger partial charge in [0.2, 0.25) is 0 Å². The maximum atomic E-state index is 12.0. The molecule has 0 radical (unpaired) electrons. The van der Waals surface area contributed by atoms with Gasteiger partial charge in [-0.1, -0.05) is 36.3 Å². The number of hydrogen-bond donors (Lipinski definition) is 0. The third-order valence-electron chi connectivity index (χ3n) is 4.93. The predicted molar refractivity (Wildman–Crippen MR) is 111 cm³/mol. The topological polar surface area (TPSA) is 102 Å². The summed E-state index contributed by atoms with van der Waals surface area (Å²) in [4.78, 5) is 17.0. The molecule has 3 rings (SSSR count). The Balaban J connectivity index is 1.59. The Morgan fingerprint density at radius 1 is 1.38 bits per heavy atom. The molecule has 29 heavy (non-hydrogen) atoms. The van der Waals surface area contributed by atoms with Crippen molar-refractivity contribution in [1.29, 1.82) is 5.26 Å². The number of carbonyl (C=O) groups excluding carboxylic acids is 1. The van der Waals surface area contributed by atoms with E-state index in [4.69, 9.17) is 10.3 Å². The Hall–Kier alpha value is -3.49. The van der Waals surface area contributed by atoms with Crippen LogP contribution in [0.1, 0.15) is 40.4 Å². The van der Waals surface area contributed by atoms with Crippen LogP contribution in [0.25, 0.3) is 10.4 Å². The largest absolute Gasteiger partial charge is 0.462 e. The molecule has 2 aromatic rings. The second kappa shape index (κ2) is 9.63. The molecule has 0 amide bonds. The number of nitrogens with zero attached hydrogens (tertiary/aromatic N) is 5. The molecule has 0 saturated heterocycles. The second-order valence-corrected chi connectivity index (χ2v) is 7.11. The molecule has 0 saturated carbocycles. The Labute approximate surface area is 170 Å². The van der Waals surface area contributed by atoms with Crippen LogP contribution in [0.4, 0.5) is 5.69 Å². The van der Waals surface area contributed by atoms with Gasteiger partial charge in [-0.25, -0.2) is 4.79 Å². The summed E-state index contributed by atoms with van der Waals surface area (Å²) in [6, 6.07) is 15.1. The van der Waals surface area contributed by atoms with Gasteiger partial charge in [-0.05, 0) is 54.1 Å². The van der Waals surface area contributed by atoms with Crippen molar-refractivity contribution >= 4 is 11.7 Å². The summed E-state index contributed by atoms with van der Waals surface area (Å²) < 4.78 is 5.35. The van der Waals surface area contributed by atoms with Crippen LogP contribution in [0.3, 0.4) is 0 Å². The molecule has 7 heteroatoms. The lowest BCUT2D eigenvalue weighted by molar-refractivity contribution is 0.0502. The fraction of sp³-hybridized carbons (Fsp3) is 0.364. The number of benzene rings is 2. The van der Waals surface area contributed by atoms with Crippen molar-refractivity contribution in [3.63, 3.8) is 0 Å². The molecular formula is C22H23N5O2. The second-order valence-electron chi connectivity index (χ2n) is 7.11. The minimum absolute atomic E-state index is 0.151. The first-order chi connectivity index (χ1) is 14.1. The van der Waals surface area contributed by atoms with Crippen LogP contribution in [-0.2, 0) is 17.6 Å². The number of nitriles is 1. The van der Waals surface area contributed by atoms with Crippen molar-refractivity contribution in [2.45, 2.75) is 32.2 Å². The smallest absolute Gasteiger partial charge is 0.338 e. The average Bonchev–Trinajstić information content (AvgIpc) is 3.14. The number of rotatable bonds is 8. The fourth-order valence-electron chi connectivity index (χ4n) is 3.67. The van der Waals surface area contributed by atoms with Crippen molar-refractivity contribution in [3.8, 4) is 6.07 Å². The molecule has 2 aromatic carbocycles. The Bertz CT molecular complexity index is 961. The van der Waals surface area contributed by atoms with E-state index in [0.29, 0.717) is 30.6 Å². The average molecular weight is 389 g/mol. The van der Waals surface area contributed by atoms with Crippen LogP contribution in [0, 0.1) is 11.3 Å². The summed E-state index contributed by atoms with van der Waals surface area (Å²) in [5.41, 5.74) is 12.9. The maximum absolute atomic E-state index is 12.0. The maximum Gasteiger partial charge on any atom is 0.338 e. The highest BCUT2D eigenvalue weighted by atomic mass is 16.5. The van der Waals surface area contributed by atoms with Crippen LogP contribution in [-0.4, -0.2) is 31.7 Å². The summed E-state index contributed by atoms with van der Waals surface area (Å²) in [5, 5.41) is 13.3. The van der Waals surface area contributed by atoms with Gasteiger partial charge in [-0.15, -0.1) is 0 Å². The number of anilines is 1. The lowest BCUT2D eigenvalue weighted by atomic mass is 9.99. The quantitative estimate of drug-likeness (QED) is 0.219. The van der Waals surface area contributed by atoms with E-state index in [2.05, 4.69) is 27.1 Å². The molecule has 0 aliphatic carbocycles. The molecule has 0 aromatic heterocycles. The first-order valence-electron chi connectivity index (χ1n) is 9.69.